The quantitative estimate of drug-likeness (QED) is 0.636. The number of alkyl halides is 3. The van der Waals surface area contributed by atoms with Crippen LogP contribution >= 0.6 is 0 Å². The highest BCUT2D eigenvalue weighted by Crippen LogP contribution is 2.40. The third-order valence-electron chi connectivity index (χ3n) is 3.64. The topological polar surface area (TPSA) is 83.8 Å². The first kappa shape index (κ1) is 16.6. The number of carboxylic acid groups (broad SMARTS) is 1. The molecule has 5 nitrogen and oxygen atoms in total. The summed E-state index contributed by atoms with van der Waals surface area (Å²) in [5.41, 5.74) is -0.560. The van der Waals surface area contributed by atoms with E-state index in [0.29, 0.717) is 5.56 Å². The zero-order valence-corrected chi connectivity index (χ0v) is 12.3. The SMILES string of the molecule is O=C(O)OC1=C(O)c2cc(C(=O)c3cccc(C(F)(F)F)c3)ccc21. The highest BCUT2D eigenvalue weighted by Gasteiger charge is 2.32. The Bertz CT molecular complexity index is 928. The predicted molar refractivity (Wildman–Crippen MR) is 79.9 cm³/mol. The van der Waals surface area contributed by atoms with Crippen molar-refractivity contribution in [2.75, 3.05) is 0 Å². The van der Waals surface area contributed by atoms with Crippen LogP contribution in [0.25, 0.3) is 11.5 Å². The summed E-state index contributed by atoms with van der Waals surface area (Å²) < 4.78 is 42.6. The van der Waals surface area contributed by atoms with Gasteiger partial charge >= 0.3 is 12.3 Å². The van der Waals surface area contributed by atoms with Crippen molar-refractivity contribution in [3.8, 4) is 0 Å². The number of halogens is 3. The van der Waals surface area contributed by atoms with Gasteiger partial charge in [0.2, 0.25) is 0 Å². The molecule has 0 saturated heterocycles. The Morgan fingerprint density at radius 1 is 0.960 bits per heavy atom. The summed E-state index contributed by atoms with van der Waals surface area (Å²) >= 11 is 0. The molecule has 0 atom stereocenters. The molecule has 0 radical (unpaired) electrons. The number of aliphatic hydroxyl groups excluding tert-OH is 1. The number of fused-ring (bicyclic) bond motifs is 1. The molecule has 0 saturated carbocycles. The first-order valence-corrected chi connectivity index (χ1v) is 6.89. The van der Waals surface area contributed by atoms with Gasteiger partial charge in [-0.2, -0.15) is 13.2 Å². The lowest BCUT2D eigenvalue weighted by molar-refractivity contribution is -0.137. The zero-order chi connectivity index (χ0) is 18.4. The minimum atomic E-state index is -4.57. The third-order valence-corrected chi connectivity index (χ3v) is 3.64. The van der Waals surface area contributed by atoms with Crippen LogP contribution in [0.1, 0.15) is 32.6 Å². The van der Waals surface area contributed by atoms with E-state index in [-0.39, 0.29) is 22.4 Å². The fourth-order valence-corrected chi connectivity index (χ4v) is 2.46. The van der Waals surface area contributed by atoms with Crippen molar-refractivity contribution in [1.29, 1.82) is 0 Å². The Morgan fingerprint density at radius 3 is 2.28 bits per heavy atom. The van der Waals surface area contributed by atoms with Crippen LogP contribution in [-0.2, 0) is 10.9 Å². The lowest BCUT2D eigenvalue weighted by Crippen LogP contribution is -2.14. The van der Waals surface area contributed by atoms with Crippen LogP contribution in [0.2, 0.25) is 0 Å². The van der Waals surface area contributed by atoms with E-state index >= 15 is 0 Å². The van der Waals surface area contributed by atoms with Crippen molar-refractivity contribution in [1.82, 2.24) is 0 Å². The summed E-state index contributed by atoms with van der Waals surface area (Å²) in [6, 6.07) is 7.93. The lowest BCUT2D eigenvalue weighted by Gasteiger charge is -2.22. The van der Waals surface area contributed by atoms with Gasteiger partial charge < -0.3 is 14.9 Å². The summed E-state index contributed by atoms with van der Waals surface area (Å²) in [7, 11) is 0. The maximum absolute atomic E-state index is 12.7. The average molecular weight is 350 g/mol. The summed E-state index contributed by atoms with van der Waals surface area (Å²) in [6.45, 7) is 0. The minimum absolute atomic E-state index is 0.0546. The van der Waals surface area contributed by atoms with Crippen LogP contribution in [0, 0.1) is 0 Å². The molecule has 1 aliphatic carbocycles. The van der Waals surface area contributed by atoms with Crippen LogP contribution < -0.4 is 0 Å². The van der Waals surface area contributed by atoms with E-state index in [2.05, 4.69) is 4.74 Å². The van der Waals surface area contributed by atoms with E-state index in [9.17, 15) is 27.9 Å². The van der Waals surface area contributed by atoms with Crippen LogP contribution in [-0.4, -0.2) is 22.2 Å². The second-order valence-corrected chi connectivity index (χ2v) is 5.21. The standard InChI is InChI=1S/C17H9F3O5/c18-17(19,20)10-3-1-2-8(6-10)13(21)9-4-5-11-12(7-9)14(22)15(11)25-16(23)24/h1-7,22H,(H,23,24). The molecule has 25 heavy (non-hydrogen) atoms. The van der Waals surface area contributed by atoms with Gasteiger partial charge in [0.1, 0.15) is 0 Å². The van der Waals surface area contributed by atoms with E-state index < -0.39 is 29.4 Å². The molecule has 128 valence electrons. The van der Waals surface area contributed by atoms with Crippen molar-refractivity contribution in [3.63, 3.8) is 0 Å². The Kier molecular flexibility index (Phi) is 3.75. The molecular weight excluding hydrogens is 341 g/mol. The summed E-state index contributed by atoms with van der Waals surface area (Å²) in [5, 5.41) is 18.3. The van der Waals surface area contributed by atoms with E-state index in [1.165, 1.54) is 24.3 Å². The molecule has 0 heterocycles. The van der Waals surface area contributed by atoms with Gasteiger partial charge in [0, 0.05) is 22.3 Å². The number of carbonyl (C=O) groups is 2. The number of hydrogen-bond donors (Lipinski definition) is 2. The van der Waals surface area contributed by atoms with Gasteiger partial charge in [-0.15, -0.1) is 0 Å². The van der Waals surface area contributed by atoms with Crippen LogP contribution in [0.3, 0.4) is 0 Å². The fourth-order valence-electron chi connectivity index (χ4n) is 2.46. The molecule has 1 aliphatic rings. The van der Waals surface area contributed by atoms with Gasteiger partial charge in [-0.3, -0.25) is 4.79 Å². The van der Waals surface area contributed by atoms with Crippen molar-refractivity contribution < 1.29 is 37.7 Å². The Labute approximate surface area is 138 Å². The van der Waals surface area contributed by atoms with Gasteiger partial charge in [0.05, 0.1) is 5.56 Å². The molecule has 0 unspecified atom stereocenters. The van der Waals surface area contributed by atoms with Crippen molar-refractivity contribution in [3.05, 3.63) is 70.3 Å². The van der Waals surface area contributed by atoms with Crippen LogP contribution in [0.5, 0.6) is 0 Å². The number of aliphatic hydroxyl groups is 1. The van der Waals surface area contributed by atoms with Gasteiger partial charge in [-0.05, 0) is 24.3 Å². The van der Waals surface area contributed by atoms with Crippen LogP contribution in [0.4, 0.5) is 18.0 Å². The molecular formula is C17H9F3O5. The second-order valence-electron chi connectivity index (χ2n) is 5.21. The molecule has 0 amide bonds. The number of carbonyl (C=O) groups excluding carboxylic acids is 1. The largest absolute Gasteiger partial charge is 0.511 e. The van der Waals surface area contributed by atoms with E-state index in [1.54, 1.807) is 0 Å². The second kappa shape index (κ2) is 5.66. The number of ketones is 1. The molecule has 0 fully saturated rings. The van der Waals surface area contributed by atoms with E-state index in [4.69, 9.17) is 5.11 Å². The fraction of sp³-hybridized carbons (Fsp3) is 0.0588. The summed E-state index contributed by atoms with van der Waals surface area (Å²) in [6.07, 6.45) is -6.17. The highest BCUT2D eigenvalue weighted by molar-refractivity contribution is 6.11. The Balaban J connectivity index is 1.92. The molecule has 0 spiro atoms. The van der Waals surface area contributed by atoms with Crippen LogP contribution in [0.15, 0.2) is 42.5 Å². The van der Waals surface area contributed by atoms with E-state index in [0.717, 1.165) is 18.2 Å². The molecule has 2 N–H and O–H groups in total. The highest BCUT2D eigenvalue weighted by atomic mass is 19.4. The number of ether oxygens (including phenoxy) is 1. The average Bonchev–Trinajstić information content (AvgIpc) is 2.57. The molecule has 0 bridgehead atoms. The predicted octanol–water partition coefficient (Wildman–Crippen LogP) is 4.33. The molecule has 0 aliphatic heterocycles. The molecule has 2 aromatic carbocycles. The van der Waals surface area contributed by atoms with Gasteiger partial charge in [0.25, 0.3) is 0 Å². The minimum Gasteiger partial charge on any atom is -0.504 e. The number of rotatable bonds is 3. The first-order chi connectivity index (χ1) is 11.7. The van der Waals surface area contributed by atoms with Crippen molar-refractivity contribution >= 4 is 23.5 Å². The van der Waals surface area contributed by atoms with Gasteiger partial charge in [-0.25, -0.2) is 4.79 Å². The normalized spacial score (nSPS) is 13.1. The zero-order valence-electron chi connectivity index (χ0n) is 12.3. The number of hydrogen-bond acceptors (Lipinski definition) is 4. The maximum atomic E-state index is 12.7. The number of benzene rings is 2. The smallest absolute Gasteiger partial charge is 0.504 e. The molecule has 3 rings (SSSR count). The summed E-state index contributed by atoms with van der Waals surface area (Å²) in [4.78, 5) is 22.9. The summed E-state index contributed by atoms with van der Waals surface area (Å²) in [5.74, 6) is -1.33. The Hall–Kier alpha value is -3.29. The Morgan fingerprint density at radius 2 is 1.64 bits per heavy atom. The van der Waals surface area contributed by atoms with Gasteiger partial charge in [0.15, 0.2) is 17.3 Å². The first-order valence-electron chi connectivity index (χ1n) is 6.89. The third kappa shape index (κ3) is 2.93. The van der Waals surface area contributed by atoms with Gasteiger partial charge in [-0.1, -0.05) is 18.2 Å². The maximum Gasteiger partial charge on any atom is 0.511 e. The molecule has 0 aromatic heterocycles. The van der Waals surface area contributed by atoms with Crippen molar-refractivity contribution in [2.45, 2.75) is 6.18 Å². The molecule has 8 heteroatoms. The van der Waals surface area contributed by atoms with E-state index in [1.807, 2.05) is 0 Å². The van der Waals surface area contributed by atoms with Crippen molar-refractivity contribution in [2.24, 2.45) is 0 Å². The monoisotopic (exact) mass is 350 g/mol. The lowest BCUT2D eigenvalue weighted by atomic mass is 9.89. The molecule has 2 aromatic rings.